The van der Waals surface area contributed by atoms with Gasteiger partial charge in [0.1, 0.15) is 12.8 Å². The van der Waals surface area contributed by atoms with Crippen LogP contribution in [0.1, 0.15) is 32.6 Å². The summed E-state index contributed by atoms with van der Waals surface area (Å²) >= 11 is 6.07. The highest BCUT2D eigenvalue weighted by atomic mass is 127. The first kappa shape index (κ1) is 19.2. The van der Waals surface area contributed by atoms with Crippen molar-refractivity contribution in [3.8, 4) is 17.0 Å². The van der Waals surface area contributed by atoms with E-state index in [1.807, 2.05) is 37.5 Å². The summed E-state index contributed by atoms with van der Waals surface area (Å²) in [6.07, 6.45) is 6.88. The Morgan fingerprint density at radius 2 is 1.77 bits per heavy atom. The number of hydrogen-bond acceptors (Lipinski definition) is 1. The highest BCUT2D eigenvalue weighted by Crippen LogP contribution is 2.22. The van der Waals surface area contributed by atoms with Crippen LogP contribution in [0, 0.1) is 0 Å². The molecule has 0 N–H and O–H groups in total. The van der Waals surface area contributed by atoms with Crippen LogP contribution in [-0.2, 0) is 7.05 Å². The minimum absolute atomic E-state index is 0. The molecule has 0 aliphatic rings. The summed E-state index contributed by atoms with van der Waals surface area (Å²) in [7, 11) is 2.02. The molecule has 0 radical (unpaired) electrons. The number of halogens is 2. The Kier molecular flexibility index (Phi) is 8.79. The molecule has 1 aromatic carbocycles. The lowest BCUT2D eigenvalue weighted by molar-refractivity contribution is -0.660. The van der Waals surface area contributed by atoms with Crippen molar-refractivity contribution < 1.29 is 33.3 Å². The number of rotatable bonds is 7. The Morgan fingerprint density at radius 3 is 2.45 bits per heavy atom. The molecule has 2 nitrogen and oxygen atoms in total. The summed E-state index contributed by atoms with van der Waals surface area (Å²) < 4.78 is 7.83. The third-order valence-electron chi connectivity index (χ3n) is 3.53. The zero-order valence-electron chi connectivity index (χ0n) is 13.2. The summed E-state index contributed by atoms with van der Waals surface area (Å²) in [6.45, 7) is 3.01. The molecule has 22 heavy (non-hydrogen) atoms. The van der Waals surface area contributed by atoms with Crippen molar-refractivity contribution in [2.45, 2.75) is 32.6 Å². The van der Waals surface area contributed by atoms with Gasteiger partial charge in [-0.05, 0) is 30.7 Å². The highest BCUT2D eigenvalue weighted by molar-refractivity contribution is 6.30. The predicted molar refractivity (Wildman–Crippen MR) is 87.7 cm³/mol. The van der Waals surface area contributed by atoms with Crippen molar-refractivity contribution in [3.05, 3.63) is 47.6 Å². The lowest BCUT2D eigenvalue weighted by Gasteiger charge is -2.07. The van der Waals surface area contributed by atoms with Crippen LogP contribution in [0.15, 0.2) is 42.6 Å². The van der Waals surface area contributed by atoms with Crippen LogP contribution in [0.25, 0.3) is 11.3 Å². The minimum atomic E-state index is 0. The monoisotopic (exact) mass is 431 g/mol. The standard InChI is InChI=1S/C18H23ClNO.HI/c1-3-4-5-6-13-21-17-9-7-15(8-10-17)18-14-16(19)11-12-20(18)2;/h7-12,14H,3-6,13H2,1-2H3;1H/q+1;/p-1. The van der Waals surface area contributed by atoms with Gasteiger partial charge in [-0.3, -0.25) is 0 Å². The molecule has 2 rings (SSSR count). The topological polar surface area (TPSA) is 13.1 Å². The normalized spacial score (nSPS) is 10.1. The summed E-state index contributed by atoms with van der Waals surface area (Å²) in [4.78, 5) is 0. The van der Waals surface area contributed by atoms with Crippen LogP contribution in [0.2, 0.25) is 5.02 Å². The fourth-order valence-electron chi connectivity index (χ4n) is 2.27. The van der Waals surface area contributed by atoms with Crippen molar-refractivity contribution in [1.29, 1.82) is 0 Å². The lowest BCUT2D eigenvalue weighted by atomic mass is 10.1. The van der Waals surface area contributed by atoms with E-state index < -0.39 is 0 Å². The third kappa shape index (κ3) is 5.76. The van der Waals surface area contributed by atoms with Crippen molar-refractivity contribution in [2.24, 2.45) is 7.05 Å². The largest absolute Gasteiger partial charge is 1.00 e. The summed E-state index contributed by atoms with van der Waals surface area (Å²) in [5, 5.41) is 0.749. The Balaban J connectivity index is 0.00000242. The van der Waals surface area contributed by atoms with Crippen molar-refractivity contribution in [3.63, 3.8) is 0 Å². The van der Waals surface area contributed by atoms with Crippen molar-refractivity contribution in [1.82, 2.24) is 0 Å². The molecule has 0 aliphatic heterocycles. The van der Waals surface area contributed by atoms with Gasteiger partial charge >= 0.3 is 0 Å². The van der Waals surface area contributed by atoms with Gasteiger partial charge in [0.25, 0.3) is 0 Å². The van der Waals surface area contributed by atoms with Gasteiger partial charge in [-0.25, -0.2) is 4.57 Å². The average Bonchev–Trinajstić information content (AvgIpc) is 2.50. The van der Waals surface area contributed by atoms with E-state index >= 15 is 0 Å². The molecular weight excluding hydrogens is 409 g/mol. The molecule has 4 heteroatoms. The molecular formula is C18H23ClINO. The molecule has 120 valence electrons. The molecule has 2 aromatic rings. The van der Waals surface area contributed by atoms with E-state index in [-0.39, 0.29) is 24.0 Å². The number of pyridine rings is 1. The van der Waals surface area contributed by atoms with Crippen LogP contribution >= 0.6 is 11.6 Å². The van der Waals surface area contributed by atoms with E-state index in [4.69, 9.17) is 16.3 Å². The van der Waals surface area contributed by atoms with E-state index in [0.717, 1.165) is 35.1 Å². The number of hydrogen-bond donors (Lipinski definition) is 0. The maximum atomic E-state index is 6.07. The molecule has 0 bridgehead atoms. The molecule has 0 saturated heterocycles. The van der Waals surface area contributed by atoms with Crippen LogP contribution in [0.4, 0.5) is 0 Å². The van der Waals surface area contributed by atoms with Gasteiger partial charge < -0.3 is 28.7 Å². The molecule has 0 aliphatic carbocycles. The summed E-state index contributed by atoms with van der Waals surface area (Å²) in [5.74, 6) is 0.930. The Bertz CT molecular complexity index is 572. The quantitative estimate of drug-likeness (QED) is 0.370. The van der Waals surface area contributed by atoms with E-state index in [0.29, 0.717) is 0 Å². The predicted octanol–water partition coefficient (Wildman–Crippen LogP) is 1.79. The second-order valence-corrected chi connectivity index (χ2v) is 5.71. The number of benzene rings is 1. The van der Waals surface area contributed by atoms with E-state index in [1.165, 1.54) is 19.3 Å². The number of nitrogens with zero attached hydrogens (tertiary/aromatic N) is 1. The number of ether oxygens (including phenoxy) is 1. The van der Waals surface area contributed by atoms with E-state index in [2.05, 4.69) is 23.6 Å². The van der Waals surface area contributed by atoms with Gasteiger partial charge in [-0.2, -0.15) is 0 Å². The van der Waals surface area contributed by atoms with Crippen LogP contribution in [-0.4, -0.2) is 6.61 Å². The maximum absolute atomic E-state index is 6.07. The second-order valence-electron chi connectivity index (χ2n) is 5.27. The van der Waals surface area contributed by atoms with Gasteiger partial charge in [0.15, 0.2) is 6.20 Å². The number of aryl methyl sites for hydroxylation is 1. The Morgan fingerprint density at radius 1 is 1.05 bits per heavy atom. The number of unbranched alkanes of at least 4 members (excludes halogenated alkanes) is 3. The second kappa shape index (κ2) is 10.1. The first-order valence-corrected chi connectivity index (χ1v) is 7.97. The van der Waals surface area contributed by atoms with Crippen LogP contribution < -0.4 is 33.3 Å². The molecule has 0 amide bonds. The smallest absolute Gasteiger partial charge is 0.213 e. The summed E-state index contributed by atoms with van der Waals surface area (Å²) in [6, 6.07) is 12.1. The summed E-state index contributed by atoms with van der Waals surface area (Å²) in [5.41, 5.74) is 2.23. The van der Waals surface area contributed by atoms with Crippen LogP contribution in [0.5, 0.6) is 5.75 Å². The first-order valence-electron chi connectivity index (χ1n) is 7.59. The molecule has 1 aromatic heterocycles. The first-order chi connectivity index (χ1) is 10.2. The molecule has 0 saturated carbocycles. The van der Waals surface area contributed by atoms with Gasteiger partial charge in [0.05, 0.1) is 11.6 Å². The molecule has 1 heterocycles. The van der Waals surface area contributed by atoms with Gasteiger partial charge in [-0.15, -0.1) is 0 Å². The fourth-order valence-corrected chi connectivity index (χ4v) is 2.43. The minimum Gasteiger partial charge on any atom is -1.00 e. The molecule has 0 unspecified atom stereocenters. The third-order valence-corrected chi connectivity index (χ3v) is 3.76. The molecule has 0 atom stereocenters. The van der Waals surface area contributed by atoms with Gasteiger partial charge in [-0.1, -0.05) is 37.8 Å². The zero-order chi connectivity index (χ0) is 15.1. The van der Waals surface area contributed by atoms with Gasteiger partial charge in [0, 0.05) is 17.7 Å². The van der Waals surface area contributed by atoms with Crippen molar-refractivity contribution in [2.75, 3.05) is 6.61 Å². The lowest BCUT2D eigenvalue weighted by Crippen LogP contribution is -3.00. The van der Waals surface area contributed by atoms with Gasteiger partial charge in [0.2, 0.25) is 5.69 Å². The zero-order valence-corrected chi connectivity index (χ0v) is 16.1. The van der Waals surface area contributed by atoms with Crippen molar-refractivity contribution >= 4 is 11.6 Å². The molecule has 0 fully saturated rings. The average molecular weight is 432 g/mol. The Labute approximate surface area is 155 Å². The Hall–Kier alpha value is -0.810. The highest BCUT2D eigenvalue weighted by Gasteiger charge is 2.10. The number of aromatic nitrogens is 1. The van der Waals surface area contributed by atoms with E-state index in [9.17, 15) is 0 Å². The fraction of sp³-hybridized carbons (Fsp3) is 0.389. The van der Waals surface area contributed by atoms with E-state index in [1.54, 1.807) is 0 Å². The SMILES string of the molecule is CCCCCCOc1ccc(-c2cc(Cl)cc[n+]2C)cc1.[I-]. The molecule has 0 spiro atoms. The maximum Gasteiger partial charge on any atom is 0.213 e. The van der Waals surface area contributed by atoms with Crippen LogP contribution in [0.3, 0.4) is 0 Å².